The highest BCUT2D eigenvalue weighted by Gasteiger charge is 2.42. The Kier molecular flexibility index (Phi) is 9.72. The van der Waals surface area contributed by atoms with Crippen molar-refractivity contribution in [3.8, 4) is 0 Å². The van der Waals surface area contributed by atoms with Gasteiger partial charge in [0.25, 0.3) is 0 Å². The summed E-state index contributed by atoms with van der Waals surface area (Å²) in [6, 6.07) is 4.07. The van der Waals surface area contributed by atoms with Crippen molar-refractivity contribution in [1.29, 1.82) is 0 Å². The van der Waals surface area contributed by atoms with E-state index in [2.05, 4.69) is 10.3 Å². The lowest BCUT2D eigenvalue weighted by Crippen LogP contribution is -2.48. The average Bonchev–Trinajstić information content (AvgIpc) is 2.77. The van der Waals surface area contributed by atoms with E-state index in [0.29, 0.717) is 5.03 Å². The van der Waals surface area contributed by atoms with Gasteiger partial charge < -0.3 is 24.3 Å². The Morgan fingerprint density at radius 1 is 1.24 bits per heavy atom. The molecule has 1 amide bonds. The van der Waals surface area contributed by atoms with Crippen molar-refractivity contribution in [3.05, 3.63) is 24.4 Å². The molecule has 188 valence electrons. The van der Waals surface area contributed by atoms with Crippen LogP contribution in [-0.4, -0.2) is 65.2 Å². The molecule has 0 radical (unpaired) electrons. The molecule has 1 saturated heterocycles. The molecule has 1 aromatic rings. The Labute approximate surface area is 203 Å². The third-order valence-corrected chi connectivity index (χ3v) is 5.67. The van der Waals surface area contributed by atoms with Crippen LogP contribution in [0.1, 0.15) is 41.5 Å². The number of hydrogen-bond acceptors (Lipinski definition) is 10. The van der Waals surface area contributed by atoms with E-state index < -0.39 is 66.3 Å². The summed E-state index contributed by atoms with van der Waals surface area (Å²) in [7, 11) is 0. The third-order valence-electron chi connectivity index (χ3n) is 4.60. The standard InChI is InChI=1S/C23H32N2O8S/c1-13(2)19(26)32-18-14(3)31-21(28)16(25-22(29)33-23(4,5)6)11-30-20(27)15(18)12-34-17-9-7-8-10-24-17/h7-10,13-16,18H,11-12H2,1-6H3,(H,25,29). The number of nitrogens with zero attached hydrogens (tertiary/aromatic N) is 1. The van der Waals surface area contributed by atoms with Gasteiger partial charge in [0.2, 0.25) is 0 Å². The molecule has 0 aliphatic carbocycles. The van der Waals surface area contributed by atoms with Crippen molar-refractivity contribution >= 4 is 35.8 Å². The summed E-state index contributed by atoms with van der Waals surface area (Å²) < 4.78 is 21.6. The lowest BCUT2D eigenvalue weighted by atomic mass is 10.00. The quantitative estimate of drug-likeness (QED) is 0.356. The summed E-state index contributed by atoms with van der Waals surface area (Å²) in [5.41, 5.74) is -0.791. The zero-order valence-corrected chi connectivity index (χ0v) is 21.0. The second-order valence-corrected chi connectivity index (χ2v) is 10.2. The molecule has 2 heterocycles. The molecule has 0 aromatic carbocycles. The maximum absolute atomic E-state index is 13.1. The van der Waals surface area contributed by atoms with Crippen molar-refractivity contribution in [2.24, 2.45) is 11.8 Å². The monoisotopic (exact) mass is 496 g/mol. The van der Waals surface area contributed by atoms with E-state index in [0.717, 1.165) is 0 Å². The van der Waals surface area contributed by atoms with Crippen molar-refractivity contribution < 1.29 is 38.1 Å². The maximum Gasteiger partial charge on any atom is 0.408 e. The molecule has 1 aliphatic rings. The van der Waals surface area contributed by atoms with Gasteiger partial charge in [-0.15, -0.1) is 11.8 Å². The molecule has 10 nitrogen and oxygen atoms in total. The second kappa shape index (κ2) is 12.0. The van der Waals surface area contributed by atoms with Crippen molar-refractivity contribution in [3.63, 3.8) is 0 Å². The van der Waals surface area contributed by atoms with Gasteiger partial charge in [0, 0.05) is 11.9 Å². The third kappa shape index (κ3) is 8.51. The van der Waals surface area contributed by atoms with Crippen LogP contribution in [0.3, 0.4) is 0 Å². The van der Waals surface area contributed by atoms with Crippen molar-refractivity contribution in [2.45, 2.75) is 70.4 Å². The van der Waals surface area contributed by atoms with Gasteiger partial charge in [0.1, 0.15) is 24.2 Å². The van der Waals surface area contributed by atoms with Crippen LogP contribution in [0.5, 0.6) is 0 Å². The zero-order valence-electron chi connectivity index (χ0n) is 20.2. The predicted molar refractivity (Wildman–Crippen MR) is 123 cm³/mol. The summed E-state index contributed by atoms with van der Waals surface area (Å²) in [5, 5.41) is 3.04. The maximum atomic E-state index is 13.1. The topological polar surface area (TPSA) is 130 Å². The number of aromatic nitrogens is 1. The highest BCUT2D eigenvalue weighted by molar-refractivity contribution is 7.99. The second-order valence-electron chi connectivity index (χ2n) is 9.11. The lowest BCUT2D eigenvalue weighted by molar-refractivity contribution is -0.175. The lowest BCUT2D eigenvalue weighted by Gasteiger charge is -2.29. The molecule has 1 fully saturated rings. The average molecular weight is 497 g/mol. The number of amides is 1. The summed E-state index contributed by atoms with van der Waals surface area (Å²) in [4.78, 5) is 54.6. The molecule has 11 heteroatoms. The SMILES string of the molecule is CC(C)C(=O)OC1C(C)OC(=O)C(NC(=O)OC(C)(C)C)COC(=O)C1CSc1ccccn1. The van der Waals surface area contributed by atoms with Crippen molar-refractivity contribution in [1.82, 2.24) is 10.3 Å². The summed E-state index contributed by atoms with van der Waals surface area (Å²) in [6.45, 7) is 9.40. The van der Waals surface area contributed by atoms with E-state index in [4.69, 9.17) is 18.9 Å². The van der Waals surface area contributed by atoms with Crippen LogP contribution >= 0.6 is 11.8 Å². The number of cyclic esters (lactones) is 2. The first-order chi connectivity index (χ1) is 15.9. The van der Waals surface area contributed by atoms with Gasteiger partial charge in [-0.25, -0.2) is 14.6 Å². The number of alkyl carbamates (subject to hydrolysis) is 1. The van der Waals surface area contributed by atoms with Gasteiger partial charge in [-0.05, 0) is 39.8 Å². The molecule has 1 aromatic heterocycles. The summed E-state index contributed by atoms with van der Waals surface area (Å²) in [5.74, 6) is -3.31. The minimum Gasteiger partial charge on any atom is -0.463 e. The number of thioether (sulfide) groups is 1. The highest BCUT2D eigenvalue weighted by Crippen LogP contribution is 2.27. The van der Waals surface area contributed by atoms with E-state index in [9.17, 15) is 19.2 Å². The van der Waals surface area contributed by atoms with Gasteiger partial charge in [-0.3, -0.25) is 9.59 Å². The van der Waals surface area contributed by atoms with Gasteiger partial charge >= 0.3 is 24.0 Å². The first kappa shape index (κ1) is 27.4. The normalized spacial score (nSPS) is 23.6. The van der Waals surface area contributed by atoms with E-state index in [1.165, 1.54) is 18.7 Å². The fourth-order valence-corrected chi connectivity index (χ4v) is 3.89. The first-order valence-corrected chi connectivity index (χ1v) is 12.0. The van der Waals surface area contributed by atoms with Crippen LogP contribution in [0.25, 0.3) is 0 Å². The molecular formula is C23H32N2O8S. The molecule has 4 unspecified atom stereocenters. The highest BCUT2D eigenvalue weighted by atomic mass is 32.2. The number of nitrogens with one attached hydrogen (secondary N) is 1. The zero-order chi connectivity index (χ0) is 25.5. The number of ether oxygens (including phenoxy) is 4. The fourth-order valence-electron chi connectivity index (χ4n) is 2.90. The predicted octanol–water partition coefficient (Wildman–Crippen LogP) is 2.74. The minimum absolute atomic E-state index is 0.165. The molecule has 2 rings (SSSR count). The Morgan fingerprint density at radius 2 is 1.94 bits per heavy atom. The molecule has 1 aliphatic heterocycles. The van der Waals surface area contributed by atoms with E-state index in [1.54, 1.807) is 52.9 Å². The minimum atomic E-state index is -1.29. The molecule has 0 saturated carbocycles. The Morgan fingerprint density at radius 3 is 2.53 bits per heavy atom. The van der Waals surface area contributed by atoms with Gasteiger partial charge in [-0.2, -0.15) is 0 Å². The molecule has 4 atom stereocenters. The van der Waals surface area contributed by atoms with E-state index in [-0.39, 0.29) is 5.75 Å². The summed E-state index contributed by atoms with van der Waals surface area (Å²) >= 11 is 1.28. The molecular weight excluding hydrogens is 464 g/mol. The van der Waals surface area contributed by atoms with Crippen LogP contribution in [0.2, 0.25) is 0 Å². The fraction of sp³-hybridized carbons (Fsp3) is 0.609. The van der Waals surface area contributed by atoms with Gasteiger partial charge in [0.15, 0.2) is 12.1 Å². The van der Waals surface area contributed by atoms with Crippen molar-refractivity contribution in [2.75, 3.05) is 12.4 Å². The molecule has 1 N–H and O–H groups in total. The molecule has 34 heavy (non-hydrogen) atoms. The van der Waals surface area contributed by atoms with Gasteiger partial charge in [0.05, 0.1) is 10.9 Å². The number of carbonyl (C=O) groups excluding carboxylic acids is 4. The largest absolute Gasteiger partial charge is 0.463 e. The van der Waals surface area contributed by atoms with Crippen LogP contribution in [-0.2, 0) is 33.3 Å². The summed E-state index contributed by atoms with van der Waals surface area (Å²) in [6.07, 6.45) is -1.32. The van der Waals surface area contributed by atoms with E-state index in [1.807, 2.05) is 6.07 Å². The first-order valence-electron chi connectivity index (χ1n) is 11.0. The Bertz CT molecular complexity index is 871. The van der Waals surface area contributed by atoms with Gasteiger partial charge in [-0.1, -0.05) is 19.9 Å². The number of esters is 3. The van der Waals surface area contributed by atoms with Crippen LogP contribution in [0.4, 0.5) is 4.79 Å². The number of rotatable bonds is 6. The molecule has 0 spiro atoms. The number of pyridine rings is 1. The Hall–Kier alpha value is -2.82. The van der Waals surface area contributed by atoms with Crippen LogP contribution < -0.4 is 5.32 Å². The Balaban J connectivity index is 2.25. The smallest absolute Gasteiger partial charge is 0.408 e. The molecule has 0 bridgehead atoms. The van der Waals surface area contributed by atoms with E-state index >= 15 is 0 Å². The number of carbonyl (C=O) groups is 4. The van der Waals surface area contributed by atoms with Crippen LogP contribution in [0, 0.1) is 11.8 Å². The number of hydrogen-bond donors (Lipinski definition) is 1. The van der Waals surface area contributed by atoms with Crippen LogP contribution in [0.15, 0.2) is 29.4 Å².